The Morgan fingerprint density at radius 1 is 1.19 bits per heavy atom. The van der Waals surface area contributed by atoms with E-state index in [1.807, 2.05) is 0 Å². The molecule has 2 fully saturated rings. The number of likely N-dealkylation sites (N-methyl/N-ethyl adjacent to an activating group) is 1. The smallest absolute Gasteiger partial charge is 0.336 e. The largest absolute Gasteiger partial charge is 0.406 e. The molecule has 21 heavy (non-hydrogen) atoms. The summed E-state index contributed by atoms with van der Waals surface area (Å²) in [5.74, 6) is -0.531. The SMILES string of the molecule is CN(CC(F)(F)F)C(=O)CN(C1CC1)[C@H]1CCS(=O)(=O)C1. The quantitative estimate of drug-likeness (QED) is 0.744. The highest BCUT2D eigenvalue weighted by Crippen LogP contribution is 2.32. The van der Waals surface area contributed by atoms with E-state index in [2.05, 4.69) is 0 Å². The zero-order chi connectivity index (χ0) is 15.8. The van der Waals surface area contributed by atoms with Gasteiger partial charge in [0.2, 0.25) is 5.91 Å². The molecule has 0 aromatic carbocycles. The van der Waals surface area contributed by atoms with Crippen LogP contribution in [0.5, 0.6) is 0 Å². The molecule has 122 valence electrons. The lowest BCUT2D eigenvalue weighted by molar-refractivity contribution is -0.159. The number of carbonyl (C=O) groups excluding carboxylic acids is 1. The third-order valence-corrected chi connectivity index (χ3v) is 5.60. The van der Waals surface area contributed by atoms with Crippen LogP contribution < -0.4 is 0 Å². The van der Waals surface area contributed by atoms with Crippen LogP contribution in [0, 0.1) is 0 Å². The second-order valence-corrected chi connectivity index (χ2v) is 8.05. The molecule has 0 radical (unpaired) electrons. The lowest BCUT2D eigenvalue weighted by Gasteiger charge is -2.29. The van der Waals surface area contributed by atoms with Crippen LogP contribution in [0.4, 0.5) is 13.2 Å². The number of carbonyl (C=O) groups is 1. The van der Waals surface area contributed by atoms with E-state index in [0.717, 1.165) is 19.9 Å². The molecule has 1 saturated heterocycles. The number of hydrogen-bond donors (Lipinski definition) is 0. The molecule has 2 aliphatic rings. The molecule has 9 heteroatoms. The second kappa shape index (κ2) is 5.75. The molecule has 1 aliphatic heterocycles. The Morgan fingerprint density at radius 2 is 1.81 bits per heavy atom. The minimum absolute atomic E-state index is 0.000233. The molecular weight excluding hydrogens is 309 g/mol. The predicted octanol–water partition coefficient (Wildman–Crippen LogP) is 0.659. The lowest BCUT2D eigenvalue weighted by atomic mass is 10.2. The number of halogens is 3. The summed E-state index contributed by atoms with van der Waals surface area (Å²) in [6.45, 7) is -1.43. The van der Waals surface area contributed by atoms with E-state index in [0.29, 0.717) is 11.3 Å². The average molecular weight is 328 g/mol. The summed E-state index contributed by atoms with van der Waals surface area (Å²) in [6.07, 6.45) is -2.24. The summed E-state index contributed by atoms with van der Waals surface area (Å²) in [5, 5.41) is 0. The highest BCUT2D eigenvalue weighted by molar-refractivity contribution is 7.91. The first-order valence-corrected chi connectivity index (χ1v) is 8.66. The summed E-state index contributed by atoms with van der Waals surface area (Å²) in [5.41, 5.74) is 0. The van der Waals surface area contributed by atoms with Crippen molar-refractivity contribution in [2.75, 3.05) is 31.6 Å². The van der Waals surface area contributed by atoms with E-state index in [4.69, 9.17) is 0 Å². The van der Waals surface area contributed by atoms with Crippen LogP contribution in [0.2, 0.25) is 0 Å². The lowest BCUT2D eigenvalue weighted by Crippen LogP contribution is -2.47. The summed E-state index contributed by atoms with van der Waals surface area (Å²) in [6, 6.07) is -0.114. The summed E-state index contributed by atoms with van der Waals surface area (Å²) in [7, 11) is -1.96. The van der Waals surface area contributed by atoms with Crippen LogP contribution in [-0.4, -0.2) is 74.0 Å². The minimum Gasteiger partial charge on any atom is -0.336 e. The number of rotatable bonds is 5. The molecule has 0 N–H and O–H groups in total. The molecule has 0 aromatic rings. The van der Waals surface area contributed by atoms with Crippen molar-refractivity contribution >= 4 is 15.7 Å². The highest BCUT2D eigenvalue weighted by atomic mass is 32.2. The van der Waals surface area contributed by atoms with Crippen LogP contribution >= 0.6 is 0 Å². The zero-order valence-corrected chi connectivity index (χ0v) is 12.6. The monoisotopic (exact) mass is 328 g/mol. The molecule has 1 atom stereocenters. The van der Waals surface area contributed by atoms with Gasteiger partial charge < -0.3 is 4.90 Å². The fraction of sp³-hybridized carbons (Fsp3) is 0.917. The van der Waals surface area contributed by atoms with Crippen molar-refractivity contribution in [1.29, 1.82) is 0 Å². The molecule has 0 unspecified atom stereocenters. The van der Waals surface area contributed by atoms with Gasteiger partial charge in [-0.3, -0.25) is 9.69 Å². The summed E-state index contributed by atoms with van der Waals surface area (Å²) < 4.78 is 59.9. The van der Waals surface area contributed by atoms with Gasteiger partial charge in [-0.2, -0.15) is 13.2 Å². The maximum Gasteiger partial charge on any atom is 0.406 e. The Hall–Kier alpha value is -0.830. The molecule has 1 aliphatic carbocycles. The van der Waals surface area contributed by atoms with Gasteiger partial charge in [-0.1, -0.05) is 0 Å². The van der Waals surface area contributed by atoms with E-state index >= 15 is 0 Å². The third kappa shape index (κ3) is 4.84. The van der Waals surface area contributed by atoms with E-state index in [9.17, 15) is 26.4 Å². The van der Waals surface area contributed by atoms with Gasteiger partial charge in [-0.05, 0) is 19.3 Å². The number of sulfone groups is 1. The molecule has 1 heterocycles. The van der Waals surface area contributed by atoms with Crippen molar-refractivity contribution in [3.8, 4) is 0 Å². The van der Waals surface area contributed by atoms with Crippen molar-refractivity contribution in [2.45, 2.75) is 37.5 Å². The van der Waals surface area contributed by atoms with E-state index < -0.39 is 28.5 Å². The third-order valence-electron chi connectivity index (χ3n) is 3.85. The Labute approximate surface area is 122 Å². The van der Waals surface area contributed by atoms with Crippen molar-refractivity contribution in [3.05, 3.63) is 0 Å². The topological polar surface area (TPSA) is 57.7 Å². The number of alkyl halides is 3. The molecule has 5 nitrogen and oxygen atoms in total. The van der Waals surface area contributed by atoms with E-state index in [1.54, 1.807) is 4.90 Å². The van der Waals surface area contributed by atoms with Crippen molar-refractivity contribution in [3.63, 3.8) is 0 Å². The Bertz CT molecular complexity index is 502. The van der Waals surface area contributed by atoms with Gasteiger partial charge in [-0.25, -0.2) is 8.42 Å². The van der Waals surface area contributed by atoms with Gasteiger partial charge in [0, 0.05) is 19.1 Å². The molecule has 0 aromatic heterocycles. The van der Waals surface area contributed by atoms with Gasteiger partial charge in [0.1, 0.15) is 6.54 Å². The Morgan fingerprint density at radius 3 is 2.24 bits per heavy atom. The van der Waals surface area contributed by atoms with Gasteiger partial charge >= 0.3 is 6.18 Å². The minimum atomic E-state index is -4.43. The summed E-state index contributed by atoms with van der Waals surface area (Å²) in [4.78, 5) is 14.3. The summed E-state index contributed by atoms with van der Waals surface area (Å²) >= 11 is 0. The van der Waals surface area contributed by atoms with Crippen molar-refractivity contribution in [2.24, 2.45) is 0 Å². The first kappa shape index (κ1) is 16.5. The highest BCUT2D eigenvalue weighted by Gasteiger charge is 2.41. The predicted molar refractivity (Wildman–Crippen MR) is 70.5 cm³/mol. The normalized spacial score (nSPS) is 25.3. The molecule has 1 saturated carbocycles. The van der Waals surface area contributed by atoms with Gasteiger partial charge in [0.15, 0.2) is 9.84 Å². The van der Waals surface area contributed by atoms with Crippen LogP contribution in [0.1, 0.15) is 19.3 Å². The van der Waals surface area contributed by atoms with Crippen LogP contribution in [-0.2, 0) is 14.6 Å². The zero-order valence-electron chi connectivity index (χ0n) is 11.8. The van der Waals surface area contributed by atoms with Crippen LogP contribution in [0.3, 0.4) is 0 Å². The van der Waals surface area contributed by atoms with Crippen LogP contribution in [0.15, 0.2) is 0 Å². The van der Waals surface area contributed by atoms with Crippen molar-refractivity contribution in [1.82, 2.24) is 9.80 Å². The average Bonchev–Trinajstić information content (AvgIpc) is 3.08. The fourth-order valence-corrected chi connectivity index (χ4v) is 4.38. The van der Waals surface area contributed by atoms with Gasteiger partial charge in [0.25, 0.3) is 0 Å². The fourth-order valence-electron chi connectivity index (χ4n) is 2.63. The maximum atomic E-state index is 12.3. The van der Waals surface area contributed by atoms with Crippen molar-refractivity contribution < 1.29 is 26.4 Å². The Kier molecular flexibility index (Phi) is 4.53. The second-order valence-electron chi connectivity index (χ2n) is 5.83. The first-order valence-electron chi connectivity index (χ1n) is 6.84. The number of nitrogens with zero attached hydrogens (tertiary/aromatic N) is 2. The molecule has 2 rings (SSSR count). The van der Waals surface area contributed by atoms with E-state index in [-0.39, 0.29) is 30.1 Å². The maximum absolute atomic E-state index is 12.3. The van der Waals surface area contributed by atoms with Gasteiger partial charge in [0.05, 0.1) is 18.1 Å². The van der Waals surface area contributed by atoms with E-state index in [1.165, 1.54) is 0 Å². The Balaban J connectivity index is 1.96. The molecule has 1 amide bonds. The van der Waals surface area contributed by atoms with Gasteiger partial charge in [-0.15, -0.1) is 0 Å². The number of amides is 1. The molecule has 0 spiro atoms. The number of hydrogen-bond acceptors (Lipinski definition) is 4. The molecular formula is C12H19F3N2O3S. The van der Waals surface area contributed by atoms with Crippen LogP contribution in [0.25, 0.3) is 0 Å². The first-order chi connectivity index (χ1) is 9.57. The standard InChI is InChI=1S/C12H19F3N2O3S/c1-16(8-12(13,14)15)11(18)6-17(9-2-3-9)10-4-5-21(19,20)7-10/h9-10H,2-8H2,1H3/t10-/m0/s1. The molecule has 0 bridgehead atoms.